The van der Waals surface area contributed by atoms with Crippen LogP contribution in [0.5, 0.6) is 17.2 Å². The highest BCUT2D eigenvalue weighted by Gasteiger charge is 2.18. The van der Waals surface area contributed by atoms with Gasteiger partial charge in [-0.05, 0) is 24.6 Å². The fraction of sp³-hybridized carbons (Fsp3) is 0.600. The third-order valence-corrected chi connectivity index (χ3v) is 3.58. The Hall–Kier alpha value is -1.17. The van der Waals surface area contributed by atoms with Crippen LogP contribution in [0.25, 0.3) is 0 Å². The van der Waals surface area contributed by atoms with Gasteiger partial charge < -0.3 is 19.5 Å². The summed E-state index contributed by atoms with van der Waals surface area (Å²) in [6.07, 6.45) is 0. The minimum atomic E-state index is 0. The van der Waals surface area contributed by atoms with Crippen molar-refractivity contribution in [3.05, 3.63) is 17.7 Å². The predicted molar refractivity (Wildman–Crippen MR) is 86.1 cm³/mol. The maximum absolute atomic E-state index is 5.39. The van der Waals surface area contributed by atoms with Gasteiger partial charge in [-0.25, -0.2) is 0 Å². The molecular formula is C15H25ClN2O3. The normalized spacial score (nSPS) is 18.8. The van der Waals surface area contributed by atoms with Crippen molar-refractivity contribution in [3.8, 4) is 17.2 Å². The number of benzene rings is 1. The molecule has 1 saturated heterocycles. The Balaban J connectivity index is 0.00000220. The number of methoxy groups -OCH3 is 3. The monoisotopic (exact) mass is 316 g/mol. The standard InChI is InChI=1S/C15H24N2O3.ClH/c1-11-9-17(6-5-16-11)10-12-7-13(18-2)15(20-4)14(8-12)19-3;/h7-8,11,16H,5-6,9-10H2,1-4H3;1H. The van der Waals surface area contributed by atoms with E-state index < -0.39 is 0 Å². The van der Waals surface area contributed by atoms with Crippen molar-refractivity contribution in [1.29, 1.82) is 0 Å². The van der Waals surface area contributed by atoms with Gasteiger partial charge in [0.1, 0.15) is 0 Å². The van der Waals surface area contributed by atoms with Crippen LogP contribution in [0.3, 0.4) is 0 Å². The number of hydrogen-bond donors (Lipinski definition) is 1. The van der Waals surface area contributed by atoms with Crippen molar-refractivity contribution in [1.82, 2.24) is 10.2 Å². The summed E-state index contributed by atoms with van der Waals surface area (Å²) < 4.78 is 16.1. The number of halogens is 1. The molecule has 1 aromatic carbocycles. The topological polar surface area (TPSA) is 43.0 Å². The number of nitrogens with one attached hydrogen (secondary N) is 1. The van der Waals surface area contributed by atoms with E-state index in [1.54, 1.807) is 21.3 Å². The minimum Gasteiger partial charge on any atom is -0.493 e. The largest absolute Gasteiger partial charge is 0.493 e. The van der Waals surface area contributed by atoms with Crippen molar-refractivity contribution in [2.24, 2.45) is 0 Å². The second kappa shape index (κ2) is 8.32. The van der Waals surface area contributed by atoms with Gasteiger partial charge in [0.05, 0.1) is 21.3 Å². The number of piperazine rings is 1. The minimum absolute atomic E-state index is 0. The second-order valence-electron chi connectivity index (χ2n) is 5.12. The summed E-state index contributed by atoms with van der Waals surface area (Å²) in [5, 5.41) is 3.45. The number of hydrogen-bond acceptors (Lipinski definition) is 5. The van der Waals surface area contributed by atoms with Crippen molar-refractivity contribution >= 4 is 12.4 Å². The van der Waals surface area contributed by atoms with E-state index in [1.807, 2.05) is 12.1 Å². The van der Waals surface area contributed by atoms with Gasteiger partial charge in [-0.2, -0.15) is 0 Å². The average molecular weight is 317 g/mol. The molecule has 1 N–H and O–H groups in total. The third kappa shape index (κ3) is 4.40. The molecule has 0 aromatic heterocycles. The molecule has 0 spiro atoms. The summed E-state index contributed by atoms with van der Waals surface area (Å²) in [5.41, 5.74) is 1.17. The fourth-order valence-electron chi connectivity index (χ4n) is 2.64. The summed E-state index contributed by atoms with van der Waals surface area (Å²) in [4.78, 5) is 2.43. The number of nitrogens with zero attached hydrogens (tertiary/aromatic N) is 1. The maximum atomic E-state index is 5.39. The molecule has 5 nitrogen and oxygen atoms in total. The molecule has 21 heavy (non-hydrogen) atoms. The van der Waals surface area contributed by atoms with Crippen molar-refractivity contribution in [2.45, 2.75) is 19.5 Å². The van der Waals surface area contributed by atoms with Crippen LogP contribution in [0.1, 0.15) is 12.5 Å². The zero-order chi connectivity index (χ0) is 14.5. The van der Waals surface area contributed by atoms with E-state index in [0.29, 0.717) is 23.3 Å². The Morgan fingerprint density at radius 3 is 2.24 bits per heavy atom. The lowest BCUT2D eigenvalue weighted by molar-refractivity contribution is 0.199. The highest BCUT2D eigenvalue weighted by molar-refractivity contribution is 5.85. The van der Waals surface area contributed by atoms with Gasteiger partial charge in [-0.3, -0.25) is 4.90 Å². The molecule has 120 valence electrons. The van der Waals surface area contributed by atoms with Crippen LogP contribution < -0.4 is 19.5 Å². The first-order chi connectivity index (χ1) is 9.67. The lowest BCUT2D eigenvalue weighted by Gasteiger charge is -2.32. The van der Waals surface area contributed by atoms with Crippen molar-refractivity contribution in [3.63, 3.8) is 0 Å². The fourth-order valence-corrected chi connectivity index (χ4v) is 2.64. The highest BCUT2D eigenvalue weighted by Crippen LogP contribution is 2.38. The van der Waals surface area contributed by atoms with E-state index in [9.17, 15) is 0 Å². The van der Waals surface area contributed by atoms with Gasteiger partial charge in [0.2, 0.25) is 5.75 Å². The predicted octanol–water partition coefficient (Wildman–Crippen LogP) is 1.93. The van der Waals surface area contributed by atoms with Gasteiger partial charge in [0.25, 0.3) is 0 Å². The molecule has 1 fully saturated rings. The lowest BCUT2D eigenvalue weighted by atomic mass is 10.1. The smallest absolute Gasteiger partial charge is 0.203 e. The summed E-state index contributed by atoms with van der Waals surface area (Å²) in [5.74, 6) is 2.07. The molecule has 0 radical (unpaired) electrons. The Morgan fingerprint density at radius 1 is 1.14 bits per heavy atom. The van der Waals surface area contributed by atoms with Gasteiger partial charge in [0, 0.05) is 32.2 Å². The molecule has 1 unspecified atom stereocenters. The van der Waals surface area contributed by atoms with E-state index in [0.717, 1.165) is 26.2 Å². The molecule has 1 atom stereocenters. The van der Waals surface area contributed by atoms with Crippen LogP contribution in [0.15, 0.2) is 12.1 Å². The molecule has 6 heteroatoms. The molecule has 0 aliphatic carbocycles. The van der Waals surface area contributed by atoms with E-state index in [2.05, 4.69) is 17.1 Å². The molecule has 2 rings (SSSR count). The second-order valence-corrected chi connectivity index (χ2v) is 5.12. The first kappa shape index (κ1) is 17.9. The van der Waals surface area contributed by atoms with Crippen LogP contribution in [0, 0.1) is 0 Å². The van der Waals surface area contributed by atoms with Crippen molar-refractivity contribution in [2.75, 3.05) is 41.0 Å². The van der Waals surface area contributed by atoms with Gasteiger partial charge in [-0.1, -0.05) is 0 Å². The molecule has 1 aromatic rings. The maximum Gasteiger partial charge on any atom is 0.203 e. The number of ether oxygens (including phenoxy) is 3. The van der Waals surface area contributed by atoms with Gasteiger partial charge >= 0.3 is 0 Å². The lowest BCUT2D eigenvalue weighted by Crippen LogP contribution is -2.48. The van der Waals surface area contributed by atoms with Gasteiger partial charge in [0.15, 0.2) is 11.5 Å². The zero-order valence-electron chi connectivity index (χ0n) is 13.1. The summed E-state index contributed by atoms with van der Waals surface area (Å²) >= 11 is 0. The Bertz CT molecular complexity index is 432. The highest BCUT2D eigenvalue weighted by atomic mass is 35.5. The third-order valence-electron chi connectivity index (χ3n) is 3.58. The van der Waals surface area contributed by atoms with Crippen LogP contribution in [-0.4, -0.2) is 51.9 Å². The van der Waals surface area contributed by atoms with Crippen LogP contribution in [0.4, 0.5) is 0 Å². The molecule has 1 aliphatic rings. The molecular weight excluding hydrogens is 292 g/mol. The molecule has 0 amide bonds. The Kier molecular flexibility index (Phi) is 7.08. The molecule has 1 heterocycles. The molecule has 0 bridgehead atoms. The zero-order valence-corrected chi connectivity index (χ0v) is 14.0. The quantitative estimate of drug-likeness (QED) is 0.899. The van der Waals surface area contributed by atoms with Crippen LogP contribution in [0.2, 0.25) is 0 Å². The van der Waals surface area contributed by atoms with Crippen LogP contribution >= 0.6 is 12.4 Å². The molecule has 0 saturated carbocycles. The summed E-state index contributed by atoms with van der Waals surface area (Å²) in [6, 6.07) is 4.58. The average Bonchev–Trinajstić information content (AvgIpc) is 2.46. The first-order valence-electron chi connectivity index (χ1n) is 6.92. The summed E-state index contributed by atoms with van der Waals surface area (Å²) in [7, 11) is 4.92. The van der Waals surface area contributed by atoms with Gasteiger partial charge in [-0.15, -0.1) is 12.4 Å². The van der Waals surface area contributed by atoms with E-state index >= 15 is 0 Å². The summed E-state index contributed by atoms with van der Waals surface area (Å²) in [6.45, 7) is 6.24. The Labute approximate surface area is 133 Å². The van der Waals surface area contributed by atoms with Crippen molar-refractivity contribution < 1.29 is 14.2 Å². The SMILES string of the molecule is COc1cc(CN2CCNC(C)C2)cc(OC)c1OC.Cl. The molecule has 1 aliphatic heterocycles. The van der Waals surface area contributed by atoms with E-state index in [1.165, 1.54) is 5.56 Å². The van der Waals surface area contributed by atoms with E-state index in [4.69, 9.17) is 14.2 Å². The number of rotatable bonds is 5. The Morgan fingerprint density at radius 2 is 1.76 bits per heavy atom. The van der Waals surface area contributed by atoms with Crippen LogP contribution in [-0.2, 0) is 6.54 Å². The first-order valence-corrected chi connectivity index (χ1v) is 6.92. The van der Waals surface area contributed by atoms with E-state index in [-0.39, 0.29) is 12.4 Å².